The summed E-state index contributed by atoms with van der Waals surface area (Å²) in [4.78, 5) is 61.4. The van der Waals surface area contributed by atoms with Crippen molar-refractivity contribution in [1.29, 1.82) is 0 Å². The van der Waals surface area contributed by atoms with Gasteiger partial charge in [-0.3, -0.25) is 19.2 Å². The van der Waals surface area contributed by atoms with E-state index in [0.717, 1.165) is 17.7 Å². The van der Waals surface area contributed by atoms with Crippen LogP contribution >= 0.6 is 33.2 Å². The minimum absolute atomic E-state index is 0.0619. The summed E-state index contributed by atoms with van der Waals surface area (Å²) < 4.78 is 10.8. The molecule has 326 valence electrons. The molecule has 1 aliphatic rings. The van der Waals surface area contributed by atoms with E-state index in [4.69, 9.17) is 27.5 Å². The zero-order valence-corrected chi connectivity index (χ0v) is 38.2. The van der Waals surface area contributed by atoms with E-state index in [9.17, 15) is 29.1 Å². The summed E-state index contributed by atoms with van der Waals surface area (Å²) in [6, 6.07) is 14.6. The number of carboxylic acid groups (broad SMARTS) is 1. The Labute approximate surface area is 363 Å². The first-order chi connectivity index (χ1) is 27.9. The Bertz CT molecular complexity index is 1720. The number of epoxide rings is 1. The summed E-state index contributed by atoms with van der Waals surface area (Å²) >= 11 is 5.80. The van der Waals surface area contributed by atoms with Gasteiger partial charge in [-0.15, -0.1) is 6.42 Å². The molecule has 15 heteroatoms. The van der Waals surface area contributed by atoms with Crippen LogP contribution < -0.4 is 26.0 Å². The van der Waals surface area contributed by atoms with Gasteiger partial charge in [0.15, 0.2) is 0 Å². The molecule has 1 heterocycles. The van der Waals surface area contributed by atoms with Crippen molar-refractivity contribution in [3.05, 3.63) is 76.8 Å². The lowest BCUT2D eigenvalue weighted by Gasteiger charge is -2.34. The normalized spacial score (nSPS) is 15.4. The molecule has 0 aliphatic carbocycles. The van der Waals surface area contributed by atoms with Crippen molar-refractivity contribution in [2.75, 3.05) is 38.2 Å². The van der Waals surface area contributed by atoms with Crippen LogP contribution in [0.2, 0.25) is 5.02 Å². The lowest BCUT2D eigenvalue weighted by Crippen LogP contribution is -2.56. The Morgan fingerprint density at radius 2 is 1.69 bits per heavy atom. The molecule has 2 aromatic carbocycles. The number of aryl methyl sites for hydroxylation is 1. The van der Waals surface area contributed by atoms with Crippen LogP contribution in [-0.2, 0) is 28.7 Å². The van der Waals surface area contributed by atoms with Crippen molar-refractivity contribution in [1.82, 2.24) is 21.3 Å². The molecule has 0 saturated carbocycles. The number of amides is 4. The number of nitrogens with one attached hydrogen (secondary N) is 4. The number of carboxylic acids is 1. The van der Waals surface area contributed by atoms with Crippen LogP contribution in [-0.4, -0.2) is 85.1 Å². The summed E-state index contributed by atoms with van der Waals surface area (Å²) in [5.41, 5.74) is 0.369. The van der Waals surface area contributed by atoms with Crippen molar-refractivity contribution < 1.29 is 38.6 Å². The number of halogens is 1. The molecule has 0 spiro atoms. The number of rotatable bonds is 22. The monoisotopic (exact) mass is 874 g/mol. The second-order valence-corrected chi connectivity index (χ2v) is 17.9. The molecule has 4 unspecified atom stereocenters. The number of allylic oxidation sites excluding steroid dienone is 1. The molecule has 4 amide bonds. The number of hydrogen-bond donors (Lipinski definition) is 5. The number of terminal acetylenes is 1. The molecule has 12 nitrogen and oxygen atoms in total. The maximum Gasteiger partial charge on any atom is 0.326 e. The average Bonchev–Trinajstić information content (AvgIpc) is 4.01. The standard InChI is InChI=1S/C34H48N4O7S2.C8H9ClO.C2H6/c1-7-18-35-26(40)17-19-46-47-22-34(5,6)30(31(42)43)38-32(44)33(3,4)21-37-27(41)20-36-25(39)16-12-11-13-23(2)28-29(45-28)24-14-9-8-10-15-24;1-6-3-4-8(10-2)7(9)5-6;1-2/h1,8-10,12,14-16,23,28-30H,11,13,17-22H2,2-6H3,(H,35,40)(H,36,39)(H,37,41)(H,38,44)(H,42,43);3-5H,1-2H3;1-2H3/b16-12+;;. The maximum atomic E-state index is 13.1. The molecular formula is C44H63ClN4O8S2. The average molecular weight is 876 g/mol. The molecule has 59 heavy (non-hydrogen) atoms. The van der Waals surface area contributed by atoms with Crippen molar-refractivity contribution in [3.63, 3.8) is 0 Å². The van der Waals surface area contributed by atoms with Crippen LogP contribution in [0.15, 0.2) is 60.7 Å². The zero-order chi connectivity index (χ0) is 44.6. The fourth-order valence-corrected chi connectivity index (χ4v) is 8.28. The van der Waals surface area contributed by atoms with Crippen LogP contribution in [0.25, 0.3) is 0 Å². The van der Waals surface area contributed by atoms with E-state index in [2.05, 4.69) is 46.2 Å². The molecule has 5 N–H and O–H groups in total. The quantitative estimate of drug-likeness (QED) is 0.0269. The number of ether oxygens (including phenoxy) is 2. The number of aliphatic carboxylic acids is 1. The van der Waals surface area contributed by atoms with Crippen molar-refractivity contribution >= 4 is 62.8 Å². The summed E-state index contributed by atoms with van der Waals surface area (Å²) in [6.07, 6.45) is 10.5. The highest BCUT2D eigenvalue weighted by atomic mass is 35.5. The molecule has 0 radical (unpaired) electrons. The molecule has 0 bridgehead atoms. The van der Waals surface area contributed by atoms with Crippen LogP contribution in [0.5, 0.6) is 5.75 Å². The summed E-state index contributed by atoms with van der Waals surface area (Å²) in [5.74, 6) is 1.58. The Kier molecular flexibility index (Phi) is 24.7. The highest BCUT2D eigenvalue weighted by molar-refractivity contribution is 8.76. The Morgan fingerprint density at radius 1 is 1.02 bits per heavy atom. The van der Waals surface area contributed by atoms with E-state index in [1.807, 2.05) is 57.2 Å². The van der Waals surface area contributed by atoms with Crippen LogP contribution in [0.1, 0.15) is 85.0 Å². The second kappa shape index (κ2) is 27.6. The van der Waals surface area contributed by atoms with Crippen molar-refractivity contribution in [2.45, 2.75) is 92.9 Å². The number of methoxy groups -OCH3 is 1. The predicted molar refractivity (Wildman–Crippen MR) is 240 cm³/mol. The van der Waals surface area contributed by atoms with E-state index in [1.54, 1.807) is 40.9 Å². The highest BCUT2D eigenvalue weighted by Crippen LogP contribution is 2.44. The van der Waals surface area contributed by atoms with Gasteiger partial charge in [0.1, 0.15) is 17.9 Å². The first-order valence-corrected chi connectivity index (χ1v) is 22.5. The summed E-state index contributed by atoms with van der Waals surface area (Å²) in [7, 11) is 4.46. The van der Waals surface area contributed by atoms with Crippen LogP contribution in [0, 0.1) is 36.0 Å². The van der Waals surface area contributed by atoms with E-state index >= 15 is 0 Å². The van der Waals surface area contributed by atoms with Gasteiger partial charge >= 0.3 is 5.97 Å². The van der Waals surface area contributed by atoms with Gasteiger partial charge in [0.2, 0.25) is 23.6 Å². The number of hydrogen-bond acceptors (Lipinski definition) is 9. The van der Waals surface area contributed by atoms with E-state index in [0.29, 0.717) is 28.9 Å². The Hall–Kier alpha value is -4.16. The van der Waals surface area contributed by atoms with Gasteiger partial charge in [0.05, 0.1) is 36.7 Å². The third-order valence-corrected chi connectivity index (χ3v) is 12.0. The third-order valence-electron chi connectivity index (χ3n) is 8.96. The summed E-state index contributed by atoms with van der Waals surface area (Å²) in [5, 5.41) is 20.9. The Morgan fingerprint density at radius 3 is 2.31 bits per heavy atom. The molecule has 1 fully saturated rings. The van der Waals surface area contributed by atoms with Crippen LogP contribution in [0.3, 0.4) is 0 Å². The van der Waals surface area contributed by atoms with Crippen molar-refractivity contribution in [3.8, 4) is 18.1 Å². The number of carbonyl (C=O) groups excluding carboxylic acids is 4. The molecule has 2 aromatic rings. The lowest BCUT2D eigenvalue weighted by atomic mass is 9.84. The Balaban J connectivity index is 0.00000125. The topological polar surface area (TPSA) is 175 Å². The zero-order valence-electron chi connectivity index (χ0n) is 35.8. The predicted octanol–water partition coefficient (Wildman–Crippen LogP) is 7.16. The number of benzene rings is 2. The molecular weight excluding hydrogens is 812 g/mol. The molecule has 1 aliphatic heterocycles. The largest absolute Gasteiger partial charge is 0.495 e. The van der Waals surface area contributed by atoms with E-state index in [-0.39, 0.29) is 44.2 Å². The SMILES string of the molecule is C#CCNC(=O)CCSSCC(C)(C)C(NC(=O)C(C)(C)CNC(=O)CNC(=O)/C=C/CCC(C)C1OC1c1ccccc1)C(=O)O.CC.COc1ccc(C)cc1Cl. The second-order valence-electron chi connectivity index (χ2n) is 15.0. The lowest BCUT2D eigenvalue weighted by molar-refractivity contribution is -0.146. The first kappa shape index (κ1) is 52.9. The number of carbonyl (C=O) groups is 5. The maximum absolute atomic E-state index is 13.1. The molecule has 3 rings (SSSR count). The van der Waals surface area contributed by atoms with Crippen molar-refractivity contribution in [2.24, 2.45) is 16.7 Å². The third kappa shape index (κ3) is 20.6. The van der Waals surface area contributed by atoms with Gasteiger partial charge in [-0.05, 0) is 68.9 Å². The smallest absolute Gasteiger partial charge is 0.326 e. The van der Waals surface area contributed by atoms with Gasteiger partial charge in [-0.25, -0.2) is 4.79 Å². The highest BCUT2D eigenvalue weighted by Gasteiger charge is 2.43. The summed E-state index contributed by atoms with van der Waals surface area (Å²) in [6.45, 7) is 14.7. The fraction of sp³-hybridized carbons (Fsp3) is 0.523. The fourth-order valence-electron chi connectivity index (χ4n) is 5.27. The van der Waals surface area contributed by atoms with Gasteiger partial charge in [0, 0.05) is 29.9 Å². The van der Waals surface area contributed by atoms with E-state index < -0.39 is 40.6 Å². The molecule has 4 atom stereocenters. The van der Waals surface area contributed by atoms with Gasteiger partial charge in [-0.1, -0.05) is 116 Å². The molecule has 1 saturated heterocycles. The van der Waals surface area contributed by atoms with E-state index in [1.165, 1.54) is 33.2 Å². The molecule has 0 aromatic heterocycles. The van der Waals surface area contributed by atoms with Crippen LogP contribution in [0.4, 0.5) is 0 Å². The van der Waals surface area contributed by atoms with Gasteiger partial charge in [0.25, 0.3) is 0 Å². The first-order valence-electron chi connectivity index (χ1n) is 19.6. The van der Waals surface area contributed by atoms with Gasteiger partial charge in [-0.2, -0.15) is 0 Å². The minimum atomic E-state index is -1.19. The van der Waals surface area contributed by atoms with Gasteiger partial charge < -0.3 is 35.8 Å². The minimum Gasteiger partial charge on any atom is -0.495 e.